The van der Waals surface area contributed by atoms with Gasteiger partial charge in [0.1, 0.15) is 5.75 Å². The molecule has 30 heavy (non-hydrogen) atoms. The fraction of sp³-hybridized carbons (Fsp3) is 0.571. The van der Waals surface area contributed by atoms with Gasteiger partial charge >= 0.3 is 0 Å². The van der Waals surface area contributed by atoms with E-state index in [4.69, 9.17) is 5.73 Å². The molecular formula is C28H43NO. The van der Waals surface area contributed by atoms with Gasteiger partial charge in [0.25, 0.3) is 0 Å². The first-order chi connectivity index (χ1) is 13.2. The number of phenols is 1. The minimum absolute atomic E-state index is 0.0588. The van der Waals surface area contributed by atoms with Crippen LogP contribution in [-0.2, 0) is 21.7 Å². The van der Waals surface area contributed by atoms with Crippen molar-refractivity contribution in [2.24, 2.45) is 0 Å². The van der Waals surface area contributed by atoms with Gasteiger partial charge in [-0.05, 0) is 68.2 Å². The van der Waals surface area contributed by atoms with Gasteiger partial charge in [0.15, 0.2) is 0 Å². The average Bonchev–Trinajstić information content (AvgIpc) is 2.50. The van der Waals surface area contributed by atoms with Crippen molar-refractivity contribution in [2.75, 3.05) is 5.73 Å². The van der Waals surface area contributed by atoms with E-state index < -0.39 is 0 Å². The molecule has 0 aromatic heterocycles. The van der Waals surface area contributed by atoms with E-state index in [1.54, 1.807) is 0 Å². The quantitative estimate of drug-likeness (QED) is 0.471. The lowest BCUT2D eigenvalue weighted by Gasteiger charge is -2.31. The summed E-state index contributed by atoms with van der Waals surface area (Å²) in [7, 11) is 0. The first-order valence-corrected chi connectivity index (χ1v) is 11.1. The van der Waals surface area contributed by atoms with E-state index in [2.05, 4.69) is 107 Å². The van der Waals surface area contributed by atoms with Crippen LogP contribution in [0.3, 0.4) is 0 Å². The zero-order chi connectivity index (χ0) is 23.4. The highest BCUT2D eigenvalue weighted by Crippen LogP contribution is 2.44. The van der Waals surface area contributed by atoms with E-state index in [-0.39, 0.29) is 21.7 Å². The maximum absolute atomic E-state index is 11.1. The molecule has 0 saturated carbocycles. The van der Waals surface area contributed by atoms with Crippen LogP contribution >= 0.6 is 0 Å². The smallest absolute Gasteiger partial charge is 0.123 e. The van der Waals surface area contributed by atoms with Crippen LogP contribution in [0.2, 0.25) is 0 Å². The van der Waals surface area contributed by atoms with E-state index in [0.29, 0.717) is 5.75 Å². The molecule has 0 aliphatic heterocycles. The highest BCUT2D eigenvalue weighted by Gasteiger charge is 2.29. The Hall–Kier alpha value is -1.96. The second kappa shape index (κ2) is 7.32. The summed E-state index contributed by atoms with van der Waals surface area (Å²) in [5.74, 6) is 0.418. The third-order valence-electron chi connectivity index (χ3n) is 5.86. The Balaban J connectivity index is 2.97. The molecule has 166 valence electrons. The average molecular weight is 410 g/mol. The molecule has 0 bridgehead atoms. The van der Waals surface area contributed by atoms with Crippen LogP contribution in [-0.4, -0.2) is 5.11 Å². The van der Waals surface area contributed by atoms with Crippen LogP contribution in [0.5, 0.6) is 5.75 Å². The largest absolute Gasteiger partial charge is 0.507 e. The number of rotatable bonds is 1. The summed E-state index contributed by atoms with van der Waals surface area (Å²) >= 11 is 0. The van der Waals surface area contributed by atoms with Crippen molar-refractivity contribution in [1.29, 1.82) is 0 Å². The summed E-state index contributed by atoms with van der Waals surface area (Å²) in [4.78, 5) is 0. The second-order valence-corrected chi connectivity index (χ2v) is 12.9. The number of benzene rings is 2. The SMILES string of the molecule is CC(C)(C)c1cc(-c2cc(C(C)(C)C)c(O)c(C(C)(C)C)c2)cc(C(C)(C)C)c1N. The molecule has 2 rings (SSSR count). The summed E-state index contributed by atoms with van der Waals surface area (Å²) in [6.07, 6.45) is 0. The van der Waals surface area contributed by atoms with Gasteiger partial charge < -0.3 is 10.8 Å². The molecule has 2 heteroatoms. The Morgan fingerprint density at radius 1 is 0.500 bits per heavy atom. The Bertz CT molecular complexity index is 789. The molecule has 0 fully saturated rings. The van der Waals surface area contributed by atoms with E-state index in [0.717, 1.165) is 27.9 Å². The Labute approximate surface area is 184 Å². The number of hydrogen-bond acceptors (Lipinski definition) is 2. The summed E-state index contributed by atoms with van der Waals surface area (Å²) in [6, 6.07) is 8.82. The van der Waals surface area contributed by atoms with Crippen LogP contribution in [0.25, 0.3) is 11.1 Å². The van der Waals surface area contributed by atoms with Crippen molar-refractivity contribution < 1.29 is 5.11 Å². The molecule has 2 nitrogen and oxygen atoms in total. The predicted octanol–water partition coefficient (Wildman–Crippen LogP) is 7.83. The van der Waals surface area contributed by atoms with Crippen molar-refractivity contribution >= 4 is 5.69 Å². The van der Waals surface area contributed by atoms with E-state index in [1.807, 2.05) is 0 Å². The van der Waals surface area contributed by atoms with Gasteiger partial charge in [0.05, 0.1) is 0 Å². The van der Waals surface area contributed by atoms with Crippen LogP contribution in [0.4, 0.5) is 5.69 Å². The Kier molecular flexibility index (Phi) is 5.93. The molecule has 2 aromatic rings. The van der Waals surface area contributed by atoms with Crippen LogP contribution in [0.1, 0.15) is 105 Å². The highest BCUT2D eigenvalue weighted by molar-refractivity contribution is 5.75. The molecule has 0 aliphatic rings. The summed E-state index contributed by atoms with van der Waals surface area (Å²) in [5, 5.41) is 11.1. The topological polar surface area (TPSA) is 46.2 Å². The number of hydrogen-bond donors (Lipinski definition) is 2. The zero-order valence-electron chi connectivity index (χ0n) is 21.3. The molecule has 0 saturated heterocycles. The van der Waals surface area contributed by atoms with Crippen molar-refractivity contribution in [2.45, 2.75) is 105 Å². The molecule has 0 heterocycles. The minimum Gasteiger partial charge on any atom is -0.507 e. The standard InChI is InChI=1S/C28H43NO/c1-25(2,3)19-13-17(14-20(23(19)29)26(4,5)6)18-15-21(27(7,8)9)24(30)22(16-18)28(10,11)12/h13-16,30H,29H2,1-12H3. The molecule has 0 aliphatic carbocycles. The Morgan fingerprint density at radius 3 is 0.967 bits per heavy atom. The molecule has 3 N–H and O–H groups in total. The van der Waals surface area contributed by atoms with Gasteiger partial charge in [0.2, 0.25) is 0 Å². The third-order valence-corrected chi connectivity index (χ3v) is 5.86. The van der Waals surface area contributed by atoms with Gasteiger partial charge in [-0.25, -0.2) is 0 Å². The molecule has 2 aromatic carbocycles. The van der Waals surface area contributed by atoms with Crippen LogP contribution in [0, 0.1) is 0 Å². The first-order valence-electron chi connectivity index (χ1n) is 11.1. The van der Waals surface area contributed by atoms with Crippen molar-refractivity contribution in [3.05, 3.63) is 46.5 Å². The monoisotopic (exact) mass is 409 g/mol. The normalized spacial score (nSPS) is 13.6. The highest BCUT2D eigenvalue weighted by atomic mass is 16.3. The molecule has 0 unspecified atom stereocenters. The van der Waals surface area contributed by atoms with E-state index in [1.165, 1.54) is 11.1 Å². The second-order valence-electron chi connectivity index (χ2n) is 12.9. The zero-order valence-corrected chi connectivity index (χ0v) is 21.3. The van der Waals surface area contributed by atoms with Crippen molar-refractivity contribution in [3.8, 4) is 16.9 Å². The van der Waals surface area contributed by atoms with Crippen LogP contribution < -0.4 is 5.73 Å². The lowest BCUT2D eigenvalue weighted by molar-refractivity contribution is 0.423. The van der Waals surface area contributed by atoms with Crippen molar-refractivity contribution in [1.82, 2.24) is 0 Å². The number of nitrogen functional groups attached to an aromatic ring is 1. The van der Waals surface area contributed by atoms with Gasteiger partial charge in [-0.15, -0.1) is 0 Å². The molecule has 0 spiro atoms. The lowest BCUT2D eigenvalue weighted by Crippen LogP contribution is -2.21. The molecular weight excluding hydrogens is 366 g/mol. The third kappa shape index (κ3) is 4.85. The maximum atomic E-state index is 11.1. The maximum Gasteiger partial charge on any atom is 0.123 e. The fourth-order valence-electron chi connectivity index (χ4n) is 4.01. The van der Waals surface area contributed by atoms with Gasteiger partial charge in [-0.3, -0.25) is 0 Å². The van der Waals surface area contributed by atoms with Gasteiger partial charge in [-0.2, -0.15) is 0 Å². The lowest BCUT2D eigenvalue weighted by atomic mass is 9.75. The van der Waals surface area contributed by atoms with Crippen molar-refractivity contribution in [3.63, 3.8) is 0 Å². The summed E-state index contributed by atoms with van der Waals surface area (Å²) in [5.41, 5.74) is 13.8. The van der Waals surface area contributed by atoms with Crippen LogP contribution in [0.15, 0.2) is 24.3 Å². The number of anilines is 1. The molecule has 0 amide bonds. The van der Waals surface area contributed by atoms with Gasteiger partial charge in [0, 0.05) is 16.8 Å². The Morgan fingerprint density at radius 2 is 0.733 bits per heavy atom. The fourth-order valence-corrected chi connectivity index (χ4v) is 4.01. The van der Waals surface area contributed by atoms with Gasteiger partial charge in [-0.1, -0.05) is 83.1 Å². The number of aromatic hydroxyl groups is 1. The number of nitrogens with two attached hydrogens (primary N) is 1. The summed E-state index contributed by atoms with van der Waals surface area (Å²) in [6.45, 7) is 26.2. The van der Waals surface area contributed by atoms with E-state index in [9.17, 15) is 5.11 Å². The molecule has 0 radical (unpaired) electrons. The molecule has 0 atom stereocenters. The minimum atomic E-state index is -0.159. The summed E-state index contributed by atoms with van der Waals surface area (Å²) < 4.78 is 0. The van der Waals surface area contributed by atoms with E-state index >= 15 is 0 Å². The number of phenolic OH excluding ortho intramolecular Hbond substituents is 1. The first kappa shape index (κ1) is 24.3. The predicted molar refractivity (Wildman–Crippen MR) is 133 cm³/mol.